The Morgan fingerprint density at radius 3 is 1.62 bits per heavy atom. The van der Waals surface area contributed by atoms with Gasteiger partial charge in [0, 0.05) is 6.04 Å². The van der Waals surface area contributed by atoms with E-state index in [-0.39, 0.29) is 0 Å². The molecule has 0 unspecified atom stereocenters. The Morgan fingerprint density at radius 2 is 1.31 bits per heavy atom. The van der Waals surface area contributed by atoms with Gasteiger partial charge in [-0.2, -0.15) is 0 Å². The average Bonchev–Trinajstić information content (AvgIpc) is 1.79. The van der Waals surface area contributed by atoms with Gasteiger partial charge in [-0.1, -0.05) is 27.7 Å². The monoisotopic (exact) mass is 183 g/mol. The minimum absolute atomic E-state index is 0.524. The molecule has 1 aliphatic rings. The maximum Gasteiger partial charge on any atom is 0.00993 e. The van der Waals surface area contributed by atoms with Crippen LogP contribution in [0.25, 0.3) is 0 Å². The van der Waals surface area contributed by atoms with E-state index in [1.807, 2.05) is 0 Å². The lowest BCUT2D eigenvalue weighted by Gasteiger charge is -2.47. The van der Waals surface area contributed by atoms with Crippen LogP contribution in [-0.4, -0.2) is 25.0 Å². The molecule has 0 bridgehead atoms. The molecule has 1 nitrogen and oxygen atoms in total. The average molecular weight is 183 g/mol. The van der Waals surface area contributed by atoms with Crippen molar-refractivity contribution in [1.29, 1.82) is 0 Å². The summed E-state index contributed by atoms with van der Waals surface area (Å²) >= 11 is 0. The molecule has 0 N–H and O–H groups in total. The van der Waals surface area contributed by atoms with Crippen molar-refractivity contribution >= 4 is 0 Å². The largest absolute Gasteiger partial charge is 0.306 e. The van der Waals surface area contributed by atoms with Crippen LogP contribution in [-0.2, 0) is 0 Å². The smallest absolute Gasteiger partial charge is 0.00993 e. The predicted octanol–water partition coefficient (Wildman–Crippen LogP) is 3.15. The molecule has 1 fully saturated rings. The van der Waals surface area contributed by atoms with Crippen molar-refractivity contribution in [2.45, 2.75) is 53.0 Å². The van der Waals surface area contributed by atoms with Crippen molar-refractivity contribution in [3.63, 3.8) is 0 Å². The molecule has 0 saturated heterocycles. The molecule has 0 atom stereocenters. The molecule has 78 valence electrons. The summed E-state index contributed by atoms with van der Waals surface area (Å²) in [5.74, 6) is 0. The number of hydrogen-bond acceptors (Lipinski definition) is 1. The lowest BCUT2D eigenvalue weighted by molar-refractivity contribution is 0.0453. The van der Waals surface area contributed by atoms with E-state index in [1.54, 1.807) is 0 Å². The van der Waals surface area contributed by atoms with Crippen LogP contribution in [0, 0.1) is 10.8 Å². The first-order chi connectivity index (χ1) is 5.72. The van der Waals surface area contributed by atoms with Crippen molar-refractivity contribution in [1.82, 2.24) is 4.90 Å². The van der Waals surface area contributed by atoms with Crippen LogP contribution in [0.15, 0.2) is 0 Å². The van der Waals surface area contributed by atoms with Gasteiger partial charge in [-0.3, -0.25) is 0 Å². The quantitative estimate of drug-likeness (QED) is 0.603. The summed E-state index contributed by atoms with van der Waals surface area (Å²) < 4.78 is 0. The van der Waals surface area contributed by atoms with Crippen LogP contribution in [0.4, 0.5) is 0 Å². The third-order valence-corrected chi connectivity index (χ3v) is 3.26. The second-order valence-electron chi connectivity index (χ2n) is 6.53. The fourth-order valence-electron chi connectivity index (χ4n) is 3.15. The lowest BCUT2D eigenvalue weighted by Crippen LogP contribution is -2.43. The van der Waals surface area contributed by atoms with Gasteiger partial charge >= 0.3 is 0 Å². The van der Waals surface area contributed by atoms with E-state index in [2.05, 4.69) is 46.7 Å². The molecule has 1 rings (SSSR count). The number of nitrogens with zero attached hydrogens (tertiary/aromatic N) is 1. The highest BCUT2D eigenvalue weighted by atomic mass is 15.1. The van der Waals surface area contributed by atoms with E-state index in [9.17, 15) is 0 Å². The van der Waals surface area contributed by atoms with Gasteiger partial charge in [0.1, 0.15) is 0 Å². The molecule has 1 aliphatic carbocycles. The van der Waals surface area contributed by atoms with Gasteiger partial charge in [-0.05, 0) is 44.2 Å². The zero-order chi connectivity index (χ0) is 10.3. The van der Waals surface area contributed by atoms with Gasteiger partial charge < -0.3 is 4.90 Å². The summed E-state index contributed by atoms with van der Waals surface area (Å²) in [6, 6.07) is 0.777. The molecule has 0 aliphatic heterocycles. The molecule has 0 aromatic carbocycles. The second-order valence-corrected chi connectivity index (χ2v) is 6.53. The predicted molar refractivity (Wildman–Crippen MR) is 58.9 cm³/mol. The van der Waals surface area contributed by atoms with E-state index in [1.165, 1.54) is 19.3 Å². The molecule has 0 heterocycles. The van der Waals surface area contributed by atoms with Crippen LogP contribution in [0.1, 0.15) is 47.0 Å². The molecular weight excluding hydrogens is 158 g/mol. The van der Waals surface area contributed by atoms with Gasteiger partial charge in [0.2, 0.25) is 0 Å². The van der Waals surface area contributed by atoms with Crippen molar-refractivity contribution in [3.8, 4) is 0 Å². The summed E-state index contributed by atoms with van der Waals surface area (Å²) in [5, 5.41) is 0. The minimum atomic E-state index is 0.524. The summed E-state index contributed by atoms with van der Waals surface area (Å²) in [7, 11) is 4.42. The molecule has 0 amide bonds. The first-order valence-electron chi connectivity index (χ1n) is 5.38. The lowest BCUT2D eigenvalue weighted by atomic mass is 9.63. The van der Waals surface area contributed by atoms with E-state index < -0.39 is 0 Å². The van der Waals surface area contributed by atoms with Crippen LogP contribution in [0.5, 0.6) is 0 Å². The third-order valence-electron chi connectivity index (χ3n) is 3.26. The van der Waals surface area contributed by atoms with Gasteiger partial charge in [0.15, 0.2) is 0 Å². The minimum Gasteiger partial charge on any atom is -0.306 e. The molecule has 0 aromatic rings. The highest BCUT2D eigenvalue weighted by Gasteiger charge is 2.38. The van der Waals surface area contributed by atoms with E-state index in [4.69, 9.17) is 0 Å². The van der Waals surface area contributed by atoms with Crippen LogP contribution in [0.3, 0.4) is 0 Å². The van der Waals surface area contributed by atoms with Crippen LogP contribution >= 0.6 is 0 Å². The molecule has 1 saturated carbocycles. The van der Waals surface area contributed by atoms with Gasteiger partial charge in [0.05, 0.1) is 0 Å². The maximum absolute atomic E-state index is 2.41. The van der Waals surface area contributed by atoms with Gasteiger partial charge in [-0.15, -0.1) is 0 Å². The molecule has 13 heavy (non-hydrogen) atoms. The van der Waals surface area contributed by atoms with E-state index in [0.29, 0.717) is 10.8 Å². The summed E-state index contributed by atoms with van der Waals surface area (Å²) in [6.07, 6.45) is 4.07. The SMILES string of the molecule is CN(C)C1CC(C)(C)CC(C)(C)C1. The summed E-state index contributed by atoms with van der Waals surface area (Å²) in [6.45, 7) is 9.63. The molecular formula is C12H25N. The summed E-state index contributed by atoms with van der Waals surface area (Å²) in [4.78, 5) is 2.39. The highest BCUT2D eigenvalue weighted by molar-refractivity contribution is 4.91. The molecule has 0 spiro atoms. The maximum atomic E-state index is 2.41. The standard InChI is InChI=1S/C12H25N/c1-11(2)7-10(13(5)6)8-12(3,4)9-11/h10H,7-9H2,1-6H3. The van der Waals surface area contributed by atoms with Gasteiger partial charge in [0.25, 0.3) is 0 Å². The van der Waals surface area contributed by atoms with Gasteiger partial charge in [-0.25, -0.2) is 0 Å². The number of rotatable bonds is 1. The third kappa shape index (κ3) is 2.98. The number of hydrogen-bond donors (Lipinski definition) is 0. The fraction of sp³-hybridized carbons (Fsp3) is 1.00. The normalized spacial score (nSPS) is 27.9. The zero-order valence-electron chi connectivity index (χ0n) is 10.1. The highest BCUT2D eigenvalue weighted by Crippen LogP contribution is 2.46. The van der Waals surface area contributed by atoms with Crippen LogP contribution < -0.4 is 0 Å². The van der Waals surface area contributed by atoms with Crippen molar-refractivity contribution in [2.24, 2.45) is 10.8 Å². The topological polar surface area (TPSA) is 3.24 Å². The Labute approximate surface area is 83.5 Å². The first kappa shape index (κ1) is 11.0. The van der Waals surface area contributed by atoms with Crippen molar-refractivity contribution in [2.75, 3.05) is 14.1 Å². The Morgan fingerprint density at radius 1 is 0.923 bits per heavy atom. The zero-order valence-corrected chi connectivity index (χ0v) is 10.1. The Kier molecular flexibility index (Phi) is 2.78. The second kappa shape index (κ2) is 3.27. The molecule has 1 heteroatoms. The van der Waals surface area contributed by atoms with Crippen molar-refractivity contribution in [3.05, 3.63) is 0 Å². The summed E-state index contributed by atoms with van der Waals surface area (Å²) in [5.41, 5.74) is 1.05. The Hall–Kier alpha value is -0.0400. The van der Waals surface area contributed by atoms with Crippen LogP contribution in [0.2, 0.25) is 0 Å². The van der Waals surface area contributed by atoms with E-state index in [0.717, 1.165) is 6.04 Å². The van der Waals surface area contributed by atoms with E-state index >= 15 is 0 Å². The fourth-order valence-corrected chi connectivity index (χ4v) is 3.15. The van der Waals surface area contributed by atoms with Crippen molar-refractivity contribution < 1.29 is 0 Å². The molecule has 0 aromatic heterocycles. The Balaban J connectivity index is 2.72. The Bertz CT molecular complexity index is 164. The molecule has 0 radical (unpaired) electrons. The first-order valence-corrected chi connectivity index (χ1v) is 5.38.